The predicted octanol–water partition coefficient (Wildman–Crippen LogP) is 5.16. The van der Waals surface area contributed by atoms with Crippen molar-refractivity contribution in [1.82, 2.24) is 29.7 Å². The van der Waals surface area contributed by atoms with Gasteiger partial charge in [-0.25, -0.2) is 24.0 Å². The molecule has 3 aromatic heterocycles. The number of aromatic nitrogens is 6. The van der Waals surface area contributed by atoms with Crippen molar-refractivity contribution in [1.29, 1.82) is 0 Å². The van der Waals surface area contributed by atoms with Crippen molar-refractivity contribution in [2.24, 2.45) is 0 Å². The Kier molecular flexibility index (Phi) is 6.63. The van der Waals surface area contributed by atoms with E-state index in [0.717, 1.165) is 30.2 Å². The summed E-state index contributed by atoms with van der Waals surface area (Å²) in [5, 5.41) is 8.19. The zero-order chi connectivity index (χ0) is 25.9. The number of nitrogens with zero attached hydrogens (tertiary/aromatic N) is 7. The van der Waals surface area contributed by atoms with Crippen molar-refractivity contribution in [3.8, 4) is 28.5 Å². The van der Waals surface area contributed by atoms with Crippen LogP contribution in [0.5, 0.6) is 0 Å². The molecule has 1 saturated heterocycles. The van der Waals surface area contributed by atoms with E-state index in [1.54, 1.807) is 47.7 Å². The lowest BCUT2D eigenvalue weighted by Gasteiger charge is -2.29. The van der Waals surface area contributed by atoms with E-state index in [-0.39, 0.29) is 5.82 Å². The van der Waals surface area contributed by atoms with Crippen molar-refractivity contribution in [3.63, 3.8) is 0 Å². The lowest BCUT2D eigenvalue weighted by molar-refractivity contribution is 0.122. The molecule has 0 unspecified atom stereocenters. The molecule has 0 atom stereocenters. The van der Waals surface area contributed by atoms with Crippen LogP contribution in [0.3, 0.4) is 0 Å². The number of pyridine rings is 1. The molecule has 38 heavy (non-hydrogen) atoms. The summed E-state index contributed by atoms with van der Waals surface area (Å²) < 4.78 is 21.5. The molecule has 2 aromatic carbocycles. The standard InChI is InChI=1S/C27H22ClFN8O/c28-23-2-1-8-30-25(23)26-32-17-37(35-26)21-5-3-20(4-6-21)33-27-31-9-7-24(34-27)18-14-19(29)16-22(15-18)36-10-12-38-13-11-36/h1-9,14-17H,10-13H2,(H,31,33,34). The predicted molar refractivity (Wildman–Crippen MR) is 143 cm³/mol. The summed E-state index contributed by atoms with van der Waals surface area (Å²) in [6.45, 7) is 2.70. The molecule has 1 aliphatic rings. The molecule has 4 heterocycles. The third kappa shape index (κ3) is 5.17. The van der Waals surface area contributed by atoms with E-state index in [0.29, 0.717) is 47.0 Å². The van der Waals surface area contributed by atoms with Crippen LogP contribution in [0.1, 0.15) is 0 Å². The number of ether oxygens (including phenoxy) is 1. The van der Waals surface area contributed by atoms with Gasteiger partial charge >= 0.3 is 0 Å². The van der Waals surface area contributed by atoms with Gasteiger partial charge in [0.25, 0.3) is 0 Å². The first-order valence-electron chi connectivity index (χ1n) is 12.0. The highest BCUT2D eigenvalue weighted by molar-refractivity contribution is 6.32. The smallest absolute Gasteiger partial charge is 0.227 e. The summed E-state index contributed by atoms with van der Waals surface area (Å²) in [5.74, 6) is 0.534. The number of hydrogen-bond acceptors (Lipinski definition) is 8. The van der Waals surface area contributed by atoms with Gasteiger partial charge in [0.1, 0.15) is 17.8 Å². The molecule has 0 aliphatic carbocycles. The molecule has 190 valence electrons. The first-order valence-corrected chi connectivity index (χ1v) is 12.4. The molecule has 0 bridgehead atoms. The monoisotopic (exact) mass is 528 g/mol. The Morgan fingerprint density at radius 2 is 1.74 bits per heavy atom. The molecule has 5 aromatic rings. The van der Waals surface area contributed by atoms with Gasteiger partial charge in [0, 0.05) is 42.4 Å². The molecular weight excluding hydrogens is 507 g/mol. The largest absolute Gasteiger partial charge is 0.378 e. The molecule has 1 N–H and O–H groups in total. The maximum atomic E-state index is 14.5. The summed E-state index contributed by atoms with van der Waals surface area (Å²) >= 11 is 6.22. The van der Waals surface area contributed by atoms with Crippen LogP contribution in [-0.2, 0) is 4.74 Å². The zero-order valence-electron chi connectivity index (χ0n) is 20.1. The average Bonchev–Trinajstić information content (AvgIpc) is 3.44. The van der Waals surface area contributed by atoms with Crippen LogP contribution in [-0.4, -0.2) is 56.0 Å². The van der Waals surface area contributed by atoms with Crippen LogP contribution in [0.2, 0.25) is 5.02 Å². The molecule has 1 aliphatic heterocycles. The molecule has 9 nitrogen and oxygen atoms in total. The number of anilines is 3. The number of morpholine rings is 1. The number of hydrogen-bond donors (Lipinski definition) is 1. The highest BCUT2D eigenvalue weighted by Gasteiger charge is 2.15. The summed E-state index contributed by atoms with van der Waals surface area (Å²) in [6, 6.07) is 17.8. The van der Waals surface area contributed by atoms with Crippen LogP contribution >= 0.6 is 11.6 Å². The van der Waals surface area contributed by atoms with Crippen LogP contribution < -0.4 is 10.2 Å². The minimum Gasteiger partial charge on any atom is -0.378 e. The zero-order valence-corrected chi connectivity index (χ0v) is 20.9. The topological polar surface area (TPSA) is 93.9 Å². The fourth-order valence-corrected chi connectivity index (χ4v) is 4.38. The van der Waals surface area contributed by atoms with Crippen molar-refractivity contribution >= 4 is 28.9 Å². The summed E-state index contributed by atoms with van der Waals surface area (Å²) in [6.07, 6.45) is 4.91. The second-order valence-electron chi connectivity index (χ2n) is 8.58. The van der Waals surface area contributed by atoms with E-state index in [2.05, 4.69) is 35.3 Å². The molecular formula is C27H22ClFN8O. The van der Waals surface area contributed by atoms with Crippen molar-refractivity contribution in [3.05, 3.63) is 90.2 Å². The SMILES string of the molecule is Fc1cc(-c2ccnc(Nc3ccc(-n4cnc(-c5ncccc5Cl)n4)cc3)n2)cc(N2CCOCC2)c1. The molecule has 0 spiro atoms. The normalized spacial score (nSPS) is 13.5. The van der Waals surface area contributed by atoms with Crippen molar-refractivity contribution in [2.75, 3.05) is 36.5 Å². The van der Waals surface area contributed by atoms with Crippen LogP contribution in [0.25, 0.3) is 28.5 Å². The first kappa shape index (κ1) is 24.0. The van der Waals surface area contributed by atoms with Crippen LogP contribution in [0.4, 0.5) is 21.7 Å². The molecule has 0 radical (unpaired) electrons. The van der Waals surface area contributed by atoms with Crippen molar-refractivity contribution < 1.29 is 9.13 Å². The van der Waals surface area contributed by atoms with E-state index < -0.39 is 0 Å². The first-order chi connectivity index (χ1) is 18.6. The van der Waals surface area contributed by atoms with Gasteiger partial charge in [-0.15, -0.1) is 5.10 Å². The van der Waals surface area contributed by atoms with Gasteiger partial charge < -0.3 is 15.0 Å². The van der Waals surface area contributed by atoms with Gasteiger partial charge in [-0.2, -0.15) is 0 Å². The third-order valence-corrected chi connectivity index (χ3v) is 6.37. The Bertz CT molecular complexity index is 1570. The summed E-state index contributed by atoms with van der Waals surface area (Å²) in [5.41, 5.74) is 4.24. The lowest BCUT2D eigenvalue weighted by Crippen LogP contribution is -2.36. The van der Waals surface area contributed by atoms with E-state index in [1.165, 1.54) is 6.07 Å². The Hall–Kier alpha value is -4.41. The highest BCUT2D eigenvalue weighted by Crippen LogP contribution is 2.27. The maximum absolute atomic E-state index is 14.5. The second-order valence-corrected chi connectivity index (χ2v) is 8.99. The summed E-state index contributed by atoms with van der Waals surface area (Å²) in [7, 11) is 0. The van der Waals surface area contributed by atoms with E-state index >= 15 is 0 Å². The van der Waals surface area contributed by atoms with Gasteiger partial charge in [0.05, 0.1) is 29.6 Å². The number of rotatable bonds is 6. The minimum absolute atomic E-state index is 0.311. The van der Waals surface area contributed by atoms with Gasteiger partial charge in [-0.1, -0.05) is 11.6 Å². The lowest BCUT2D eigenvalue weighted by atomic mass is 10.1. The highest BCUT2D eigenvalue weighted by atomic mass is 35.5. The summed E-state index contributed by atoms with van der Waals surface area (Å²) in [4.78, 5) is 19.6. The van der Waals surface area contributed by atoms with Gasteiger partial charge in [0.15, 0.2) is 0 Å². The van der Waals surface area contributed by atoms with E-state index in [1.807, 2.05) is 30.3 Å². The van der Waals surface area contributed by atoms with Gasteiger partial charge in [0.2, 0.25) is 11.8 Å². The van der Waals surface area contributed by atoms with Gasteiger partial charge in [-0.3, -0.25) is 4.98 Å². The Labute approximate surface area is 222 Å². The number of benzene rings is 2. The Balaban J connectivity index is 1.19. The van der Waals surface area contributed by atoms with Crippen molar-refractivity contribution in [2.45, 2.75) is 0 Å². The average molecular weight is 529 g/mol. The maximum Gasteiger partial charge on any atom is 0.227 e. The van der Waals surface area contributed by atoms with Crippen LogP contribution in [0.15, 0.2) is 79.4 Å². The van der Waals surface area contributed by atoms with E-state index in [9.17, 15) is 4.39 Å². The van der Waals surface area contributed by atoms with Crippen LogP contribution in [0, 0.1) is 5.82 Å². The number of nitrogens with one attached hydrogen (secondary N) is 1. The third-order valence-electron chi connectivity index (χ3n) is 6.06. The quantitative estimate of drug-likeness (QED) is 0.323. The molecule has 11 heteroatoms. The molecule has 0 amide bonds. The molecule has 0 saturated carbocycles. The molecule has 1 fully saturated rings. The Morgan fingerprint density at radius 1 is 0.895 bits per heavy atom. The second kappa shape index (κ2) is 10.5. The minimum atomic E-state index is -0.311. The fraction of sp³-hybridized carbons (Fsp3) is 0.148. The number of halogens is 2. The Morgan fingerprint density at radius 3 is 2.55 bits per heavy atom. The molecule has 6 rings (SSSR count). The van der Waals surface area contributed by atoms with E-state index in [4.69, 9.17) is 16.3 Å². The van der Waals surface area contributed by atoms with Gasteiger partial charge in [-0.05, 0) is 60.7 Å². The fourth-order valence-electron chi connectivity index (χ4n) is 4.18.